The minimum absolute atomic E-state index is 0. The van der Waals surface area contributed by atoms with E-state index in [4.69, 9.17) is 44.6 Å². The van der Waals surface area contributed by atoms with Gasteiger partial charge in [0.05, 0.1) is 0 Å². The van der Waals surface area contributed by atoms with Crippen LogP contribution in [0.25, 0.3) is 0 Å². The summed E-state index contributed by atoms with van der Waals surface area (Å²) in [6.45, 7) is 0. The summed E-state index contributed by atoms with van der Waals surface area (Å²) in [6, 6.07) is 0. The first-order valence-corrected chi connectivity index (χ1v) is 3.15. The monoisotopic (exact) mass is 274 g/mol. The minimum atomic E-state index is -0.312. The normalized spacial score (nSPS) is 6.50. The largest absolute Gasteiger partial charge is 0.370 e. The third kappa shape index (κ3) is 40.2. The van der Waals surface area contributed by atoms with Crippen LogP contribution in [0.2, 0.25) is 0 Å². The highest BCUT2D eigenvalue weighted by atomic mass is 35.5. The average Bonchev–Trinajstić information content (AvgIpc) is 1.79. The molecule has 0 spiro atoms. The molecule has 0 aromatic rings. The highest BCUT2D eigenvalue weighted by molar-refractivity contribution is 5.94. The lowest BCUT2D eigenvalue weighted by Crippen LogP contribution is -2.39. The zero-order valence-corrected chi connectivity index (χ0v) is 9.76. The van der Waals surface area contributed by atoms with Crippen LogP contribution in [0.1, 0.15) is 0 Å². The molecule has 0 aromatic heterocycles. The van der Waals surface area contributed by atoms with E-state index in [1.165, 1.54) is 0 Å². The Morgan fingerprint density at radius 2 is 0.688 bits per heavy atom. The Kier molecular flexibility index (Phi) is 19.3. The Labute approximate surface area is 104 Å². The fourth-order valence-corrected chi connectivity index (χ4v) is 0.290. The van der Waals surface area contributed by atoms with Gasteiger partial charge in [0.25, 0.3) is 0 Å². The van der Waals surface area contributed by atoms with E-state index in [1.807, 2.05) is 10.6 Å². The number of guanidine groups is 4. The summed E-state index contributed by atoms with van der Waals surface area (Å²) >= 11 is 0. The van der Waals surface area contributed by atoms with E-state index >= 15 is 0 Å². The van der Waals surface area contributed by atoms with Crippen molar-refractivity contribution in [2.45, 2.75) is 0 Å². The van der Waals surface area contributed by atoms with Crippen molar-refractivity contribution in [3.63, 3.8) is 0 Å². The van der Waals surface area contributed by atoms with E-state index in [2.05, 4.69) is 0 Å². The molecule has 0 aromatic carbocycles. The van der Waals surface area contributed by atoms with Gasteiger partial charge in [-0.25, -0.2) is 0 Å². The van der Waals surface area contributed by atoms with Gasteiger partial charge in [-0.05, 0) is 0 Å². The van der Waals surface area contributed by atoms with Gasteiger partial charge in [0, 0.05) is 0 Å². The van der Waals surface area contributed by atoms with E-state index in [0.29, 0.717) is 0 Å². The predicted molar refractivity (Wildman–Crippen MR) is 68.4 cm³/mol. The second kappa shape index (κ2) is 13.1. The number of hydrogen-bond donors (Lipinski definition) is 10. The van der Waals surface area contributed by atoms with Crippen molar-refractivity contribution in [1.29, 1.82) is 21.6 Å². The molecular formula is C4H16Cl2N10. The molecule has 0 amide bonds. The third-order valence-electron chi connectivity index (χ3n) is 0.539. The molecule has 0 heterocycles. The molecule has 10 nitrogen and oxygen atoms in total. The molecular weight excluding hydrogens is 259 g/mol. The van der Waals surface area contributed by atoms with Crippen molar-refractivity contribution in [1.82, 2.24) is 10.6 Å². The first-order chi connectivity index (χ1) is 6.25. The molecule has 0 saturated heterocycles. The molecule has 0 atom stereocenters. The zero-order valence-electron chi connectivity index (χ0n) is 8.13. The summed E-state index contributed by atoms with van der Waals surface area (Å²) < 4.78 is 0. The fourth-order valence-electron chi connectivity index (χ4n) is 0.290. The van der Waals surface area contributed by atoms with Gasteiger partial charge in [-0.2, -0.15) is 0 Å². The van der Waals surface area contributed by atoms with Crippen molar-refractivity contribution in [3.05, 3.63) is 0 Å². The zero-order chi connectivity index (χ0) is 11.7. The van der Waals surface area contributed by atoms with Crippen molar-refractivity contribution in [2.24, 2.45) is 22.9 Å². The van der Waals surface area contributed by atoms with Crippen LogP contribution in [0, 0.1) is 21.6 Å². The Morgan fingerprint density at radius 1 is 0.562 bits per heavy atom. The van der Waals surface area contributed by atoms with Gasteiger partial charge >= 0.3 is 0 Å². The quantitative estimate of drug-likeness (QED) is 0.171. The number of nitrogens with one attached hydrogen (secondary N) is 6. The standard InChI is InChI=1S/2C2H7N5.2ClH/c2*3-1(4)7-2(5)6;;/h2*(H7,3,4,5,6,7);2*1H. The van der Waals surface area contributed by atoms with Crippen LogP contribution >= 0.6 is 24.8 Å². The third-order valence-corrected chi connectivity index (χ3v) is 0.539. The van der Waals surface area contributed by atoms with E-state index < -0.39 is 0 Å². The summed E-state index contributed by atoms with van der Waals surface area (Å²) in [7, 11) is 0. The maximum Gasteiger partial charge on any atom is 0.192 e. The molecule has 0 bridgehead atoms. The van der Waals surface area contributed by atoms with Crippen molar-refractivity contribution in [3.8, 4) is 0 Å². The van der Waals surface area contributed by atoms with Crippen LogP contribution in [0.5, 0.6) is 0 Å². The topological polar surface area (TPSA) is 224 Å². The fraction of sp³-hybridized carbons (Fsp3) is 0. The van der Waals surface area contributed by atoms with Gasteiger partial charge in [0.15, 0.2) is 23.8 Å². The Balaban J connectivity index is -0.0000000800. The number of hydrogen-bond acceptors (Lipinski definition) is 4. The molecule has 0 radical (unpaired) electrons. The van der Waals surface area contributed by atoms with Gasteiger partial charge in [-0.3, -0.25) is 32.3 Å². The highest BCUT2D eigenvalue weighted by Gasteiger charge is 1.84. The highest BCUT2D eigenvalue weighted by Crippen LogP contribution is 1.44. The molecule has 0 saturated carbocycles. The van der Waals surface area contributed by atoms with Crippen LogP contribution in [0.15, 0.2) is 0 Å². The first-order valence-electron chi connectivity index (χ1n) is 3.15. The molecule has 96 valence electrons. The van der Waals surface area contributed by atoms with Gasteiger partial charge in [-0.1, -0.05) is 0 Å². The van der Waals surface area contributed by atoms with E-state index in [0.717, 1.165) is 0 Å². The summed E-state index contributed by atoms with van der Waals surface area (Å²) in [5, 5.41) is 29.9. The molecule has 0 aliphatic heterocycles. The van der Waals surface area contributed by atoms with E-state index in [9.17, 15) is 0 Å². The average molecular weight is 275 g/mol. The van der Waals surface area contributed by atoms with Crippen LogP contribution < -0.4 is 33.6 Å². The van der Waals surface area contributed by atoms with Gasteiger partial charge in [-0.15, -0.1) is 24.8 Å². The lowest BCUT2D eigenvalue weighted by molar-refractivity contribution is 1.18. The molecule has 16 heavy (non-hydrogen) atoms. The second-order valence-electron chi connectivity index (χ2n) is 1.90. The van der Waals surface area contributed by atoms with Crippen LogP contribution in [-0.2, 0) is 0 Å². The number of rotatable bonds is 0. The number of halogens is 2. The molecule has 0 rings (SSSR count). The van der Waals surface area contributed by atoms with Crippen molar-refractivity contribution >= 4 is 48.7 Å². The summed E-state index contributed by atoms with van der Waals surface area (Å²) in [4.78, 5) is 0. The number of nitrogens with two attached hydrogens (primary N) is 4. The second-order valence-corrected chi connectivity index (χ2v) is 1.90. The lowest BCUT2D eigenvalue weighted by Gasteiger charge is -1.95. The summed E-state index contributed by atoms with van der Waals surface area (Å²) in [6.07, 6.45) is 0. The van der Waals surface area contributed by atoms with Crippen LogP contribution in [0.3, 0.4) is 0 Å². The SMILES string of the molecule is Cl.Cl.N=C(N)NC(=N)N.N=C(N)NC(=N)N. The lowest BCUT2D eigenvalue weighted by atomic mass is 10.9. The van der Waals surface area contributed by atoms with E-state index in [1.54, 1.807) is 0 Å². The van der Waals surface area contributed by atoms with Crippen LogP contribution in [0.4, 0.5) is 0 Å². The summed E-state index contributed by atoms with van der Waals surface area (Å²) in [5.74, 6) is -1.25. The Hall–Kier alpha value is -1.94. The smallest absolute Gasteiger partial charge is 0.192 e. The molecule has 0 aliphatic carbocycles. The molecule has 0 fully saturated rings. The molecule has 14 N–H and O–H groups in total. The summed E-state index contributed by atoms with van der Waals surface area (Å²) in [5.41, 5.74) is 19.0. The van der Waals surface area contributed by atoms with Crippen LogP contribution in [-0.4, -0.2) is 23.8 Å². The maximum atomic E-state index is 6.47. The van der Waals surface area contributed by atoms with Crippen molar-refractivity contribution < 1.29 is 0 Å². The molecule has 0 aliphatic rings. The maximum absolute atomic E-state index is 6.47. The predicted octanol–water partition coefficient (Wildman–Crippen LogP) is -2.43. The van der Waals surface area contributed by atoms with E-state index in [-0.39, 0.29) is 48.7 Å². The molecule has 0 unspecified atom stereocenters. The van der Waals surface area contributed by atoms with Gasteiger partial charge < -0.3 is 22.9 Å². The van der Waals surface area contributed by atoms with Gasteiger partial charge in [0.2, 0.25) is 0 Å². The molecule has 12 heteroatoms. The Morgan fingerprint density at radius 3 is 0.688 bits per heavy atom. The minimum Gasteiger partial charge on any atom is -0.370 e. The Bertz CT molecular complexity index is 199. The first kappa shape index (κ1) is 23.7. The van der Waals surface area contributed by atoms with Gasteiger partial charge in [0.1, 0.15) is 0 Å². The van der Waals surface area contributed by atoms with Crippen molar-refractivity contribution in [2.75, 3.05) is 0 Å².